The van der Waals surface area contributed by atoms with E-state index in [9.17, 15) is 14.9 Å². The quantitative estimate of drug-likeness (QED) is 0.520. The molecule has 1 aromatic carbocycles. The van der Waals surface area contributed by atoms with E-state index in [4.69, 9.17) is 4.74 Å². The second-order valence-corrected chi connectivity index (χ2v) is 3.38. The van der Waals surface area contributed by atoms with Crippen LogP contribution in [0.1, 0.15) is 22.3 Å². The maximum Gasteiger partial charge on any atom is 0.283 e. The number of Topliss-reactive ketones (excluding diaryl/α,β-unsaturated/α-hetero) is 1. The number of carbonyl (C=O) groups excluding carboxylic acids is 1. The molecule has 1 aliphatic rings. The summed E-state index contributed by atoms with van der Waals surface area (Å²) in [7, 11) is 0. The molecule has 0 amide bonds. The van der Waals surface area contributed by atoms with Gasteiger partial charge in [-0.2, -0.15) is 0 Å². The molecule has 2 rings (SSSR count). The zero-order valence-corrected chi connectivity index (χ0v) is 8.15. The number of fused-ring (bicyclic) bond motifs is 1. The molecule has 0 saturated carbocycles. The number of nitrogens with zero attached hydrogens (tertiary/aromatic N) is 1. The van der Waals surface area contributed by atoms with Crippen LogP contribution in [0.2, 0.25) is 0 Å². The molecule has 0 aliphatic carbocycles. The molecule has 1 aliphatic heterocycles. The van der Waals surface area contributed by atoms with E-state index >= 15 is 0 Å². The van der Waals surface area contributed by atoms with Crippen LogP contribution in [0.25, 0.3) is 0 Å². The Labute approximate surface area is 85.8 Å². The largest absolute Gasteiger partial charge is 0.492 e. The van der Waals surface area contributed by atoms with Crippen LogP contribution in [0.4, 0.5) is 5.69 Å². The minimum atomic E-state index is -0.551. The van der Waals surface area contributed by atoms with Crippen molar-refractivity contribution in [1.82, 2.24) is 0 Å². The predicted octanol–water partition coefficient (Wildman–Crippen LogP) is 1.87. The van der Waals surface area contributed by atoms with Crippen LogP contribution >= 0.6 is 0 Å². The van der Waals surface area contributed by atoms with E-state index in [2.05, 4.69) is 0 Å². The van der Waals surface area contributed by atoms with Gasteiger partial charge in [-0.15, -0.1) is 0 Å². The normalized spacial score (nSPS) is 14.3. The number of nitro benzene ring substituents is 1. The van der Waals surface area contributed by atoms with E-state index in [1.807, 2.05) is 0 Å². The molecule has 0 aromatic heterocycles. The lowest BCUT2D eigenvalue weighted by atomic mass is 10.00. The number of hydrogen-bond acceptors (Lipinski definition) is 4. The topological polar surface area (TPSA) is 69.4 Å². The van der Waals surface area contributed by atoms with Gasteiger partial charge >= 0.3 is 0 Å². The number of carbonyl (C=O) groups is 1. The summed E-state index contributed by atoms with van der Waals surface area (Å²) in [6.45, 7) is 2.06. The van der Waals surface area contributed by atoms with Gasteiger partial charge in [0.25, 0.3) is 5.69 Å². The molecule has 5 nitrogen and oxygen atoms in total. The maximum absolute atomic E-state index is 11.6. The lowest BCUT2D eigenvalue weighted by Gasteiger charge is -2.17. The first-order valence-electron chi connectivity index (χ1n) is 4.55. The van der Waals surface area contributed by atoms with E-state index < -0.39 is 4.92 Å². The second kappa shape index (κ2) is 3.34. The lowest BCUT2D eigenvalue weighted by Crippen LogP contribution is -2.17. The second-order valence-electron chi connectivity index (χ2n) is 3.38. The van der Waals surface area contributed by atoms with Crippen molar-refractivity contribution in [3.63, 3.8) is 0 Å². The smallest absolute Gasteiger partial charge is 0.283 e. The van der Waals surface area contributed by atoms with Crippen molar-refractivity contribution in [3.8, 4) is 5.75 Å². The van der Waals surface area contributed by atoms with Gasteiger partial charge in [-0.1, -0.05) is 0 Å². The highest BCUT2D eigenvalue weighted by Crippen LogP contribution is 2.35. The van der Waals surface area contributed by atoms with E-state index in [-0.39, 0.29) is 23.5 Å². The van der Waals surface area contributed by atoms with Gasteiger partial charge in [-0.3, -0.25) is 14.9 Å². The van der Waals surface area contributed by atoms with Crippen LogP contribution in [0.5, 0.6) is 5.75 Å². The fourth-order valence-corrected chi connectivity index (χ4v) is 1.65. The molecule has 0 radical (unpaired) electrons. The van der Waals surface area contributed by atoms with Gasteiger partial charge in [-0.05, 0) is 18.6 Å². The first-order chi connectivity index (χ1) is 7.11. The standard InChI is InChI=1S/C10H9NO4/c1-6-2-3-7(11(13)14)9-8(12)4-5-15-10(6)9/h2-3H,4-5H2,1H3. The zero-order chi connectivity index (χ0) is 11.0. The van der Waals surface area contributed by atoms with Crippen molar-refractivity contribution < 1.29 is 14.5 Å². The van der Waals surface area contributed by atoms with E-state index in [1.165, 1.54) is 6.07 Å². The number of rotatable bonds is 1. The van der Waals surface area contributed by atoms with Crippen molar-refractivity contribution in [2.45, 2.75) is 13.3 Å². The summed E-state index contributed by atoms with van der Waals surface area (Å²) in [6.07, 6.45) is 0.206. The fraction of sp³-hybridized carbons (Fsp3) is 0.300. The van der Waals surface area contributed by atoms with Gasteiger partial charge in [0.2, 0.25) is 0 Å². The van der Waals surface area contributed by atoms with E-state index in [0.29, 0.717) is 12.4 Å². The van der Waals surface area contributed by atoms with Crippen molar-refractivity contribution in [2.24, 2.45) is 0 Å². The third-order valence-electron chi connectivity index (χ3n) is 2.38. The van der Waals surface area contributed by atoms with Gasteiger partial charge in [0.05, 0.1) is 11.5 Å². The Morgan fingerprint density at radius 2 is 2.20 bits per heavy atom. The Balaban J connectivity index is 2.70. The highest BCUT2D eigenvalue weighted by molar-refractivity contribution is 6.03. The number of benzene rings is 1. The molecule has 0 fully saturated rings. The summed E-state index contributed by atoms with van der Waals surface area (Å²) in [5.74, 6) is 0.145. The van der Waals surface area contributed by atoms with Crippen molar-refractivity contribution in [1.29, 1.82) is 0 Å². The van der Waals surface area contributed by atoms with Gasteiger partial charge in [0, 0.05) is 12.5 Å². The molecule has 0 unspecified atom stereocenters. The Hall–Kier alpha value is -1.91. The van der Waals surface area contributed by atoms with E-state index in [1.54, 1.807) is 13.0 Å². The molecule has 15 heavy (non-hydrogen) atoms. The molecule has 1 aromatic rings. The highest BCUT2D eigenvalue weighted by Gasteiger charge is 2.29. The number of ketones is 1. The molecule has 0 spiro atoms. The average Bonchev–Trinajstić information content (AvgIpc) is 2.19. The van der Waals surface area contributed by atoms with Crippen LogP contribution in [0, 0.1) is 17.0 Å². The lowest BCUT2D eigenvalue weighted by molar-refractivity contribution is -0.385. The van der Waals surface area contributed by atoms with Gasteiger partial charge < -0.3 is 4.74 Å². The summed E-state index contributed by atoms with van der Waals surface area (Å²) >= 11 is 0. The molecule has 0 saturated heterocycles. The molecule has 78 valence electrons. The number of aryl methyl sites for hydroxylation is 1. The molecular weight excluding hydrogens is 198 g/mol. The summed E-state index contributed by atoms with van der Waals surface area (Å²) in [5, 5.41) is 10.7. The van der Waals surface area contributed by atoms with Crippen LogP contribution in [-0.4, -0.2) is 17.3 Å². The summed E-state index contributed by atoms with van der Waals surface area (Å²) in [5.41, 5.74) is 0.704. The SMILES string of the molecule is Cc1ccc([N+](=O)[O-])c2c1OCCC2=O. The van der Waals surface area contributed by atoms with Crippen LogP contribution in [0.3, 0.4) is 0 Å². The number of hydrogen-bond donors (Lipinski definition) is 0. The molecule has 1 heterocycles. The average molecular weight is 207 g/mol. The first kappa shape index (κ1) is 9.64. The highest BCUT2D eigenvalue weighted by atomic mass is 16.6. The van der Waals surface area contributed by atoms with Crippen LogP contribution < -0.4 is 4.74 Å². The Bertz CT molecular complexity index is 453. The Morgan fingerprint density at radius 3 is 2.87 bits per heavy atom. The van der Waals surface area contributed by atoms with Gasteiger partial charge in [0.1, 0.15) is 11.3 Å². The monoisotopic (exact) mass is 207 g/mol. The first-order valence-corrected chi connectivity index (χ1v) is 4.55. The van der Waals surface area contributed by atoms with Crippen molar-refractivity contribution >= 4 is 11.5 Å². The molecule has 5 heteroatoms. The predicted molar refractivity (Wildman–Crippen MR) is 52.3 cm³/mol. The summed E-state index contributed by atoms with van der Waals surface area (Å²) in [6, 6.07) is 2.94. The van der Waals surface area contributed by atoms with Crippen molar-refractivity contribution in [2.75, 3.05) is 6.61 Å². The van der Waals surface area contributed by atoms with Gasteiger partial charge in [-0.25, -0.2) is 0 Å². The molecule has 0 bridgehead atoms. The zero-order valence-electron chi connectivity index (χ0n) is 8.15. The van der Waals surface area contributed by atoms with E-state index in [0.717, 1.165) is 5.56 Å². The fourth-order valence-electron chi connectivity index (χ4n) is 1.65. The Kier molecular flexibility index (Phi) is 2.15. The third kappa shape index (κ3) is 1.45. The Morgan fingerprint density at radius 1 is 1.47 bits per heavy atom. The molecule has 0 atom stereocenters. The minimum absolute atomic E-state index is 0.117. The third-order valence-corrected chi connectivity index (χ3v) is 2.38. The van der Waals surface area contributed by atoms with Crippen LogP contribution in [0.15, 0.2) is 12.1 Å². The van der Waals surface area contributed by atoms with Crippen LogP contribution in [-0.2, 0) is 0 Å². The number of ether oxygens (including phenoxy) is 1. The number of nitro groups is 1. The molecule has 0 N–H and O–H groups in total. The summed E-state index contributed by atoms with van der Waals surface area (Å²) < 4.78 is 5.29. The summed E-state index contributed by atoms with van der Waals surface area (Å²) in [4.78, 5) is 21.8. The molecular formula is C10H9NO4. The maximum atomic E-state index is 11.6. The minimum Gasteiger partial charge on any atom is -0.492 e. The van der Waals surface area contributed by atoms with Gasteiger partial charge in [0.15, 0.2) is 5.78 Å². The van der Waals surface area contributed by atoms with Crippen molar-refractivity contribution in [3.05, 3.63) is 33.4 Å².